The number of benzene rings is 1. The van der Waals surface area contributed by atoms with Crippen LogP contribution in [0.4, 0.5) is 4.39 Å². The quantitative estimate of drug-likeness (QED) is 0.853. The first-order chi connectivity index (χ1) is 7.49. The van der Waals surface area contributed by atoms with E-state index in [4.69, 9.17) is 22.4 Å². The van der Waals surface area contributed by atoms with Crippen molar-refractivity contribution >= 4 is 17.6 Å². The number of carboxylic acids is 1. The summed E-state index contributed by atoms with van der Waals surface area (Å²) in [6.07, 6.45) is 1.16. The molecule has 2 rings (SSSR count). The van der Waals surface area contributed by atoms with Gasteiger partial charge < -0.3 is 10.8 Å². The van der Waals surface area contributed by atoms with Crippen molar-refractivity contribution in [3.05, 3.63) is 34.6 Å². The maximum Gasteiger partial charge on any atom is 0.321 e. The summed E-state index contributed by atoms with van der Waals surface area (Å²) in [6.45, 7) is 0. The first-order valence-corrected chi connectivity index (χ1v) is 5.30. The maximum atomic E-state index is 13.8. The molecule has 1 aromatic rings. The van der Waals surface area contributed by atoms with Crippen molar-refractivity contribution < 1.29 is 14.3 Å². The number of carboxylic acid groups (broad SMARTS) is 1. The fraction of sp³-hybridized carbons (Fsp3) is 0.364. The third kappa shape index (κ3) is 1.58. The van der Waals surface area contributed by atoms with Crippen LogP contribution in [0.25, 0.3) is 0 Å². The zero-order chi connectivity index (χ0) is 11.9. The van der Waals surface area contributed by atoms with Gasteiger partial charge in [-0.2, -0.15) is 0 Å². The van der Waals surface area contributed by atoms with Gasteiger partial charge in [-0.15, -0.1) is 0 Å². The van der Waals surface area contributed by atoms with Crippen LogP contribution in [0.2, 0.25) is 5.02 Å². The molecule has 0 aromatic heterocycles. The largest absolute Gasteiger partial charge is 0.480 e. The molecule has 3 nitrogen and oxygen atoms in total. The molecule has 86 valence electrons. The van der Waals surface area contributed by atoms with Crippen LogP contribution in [-0.4, -0.2) is 17.1 Å². The van der Waals surface area contributed by atoms with Gasteiger partial charge in [-0.25, -0.2) is 4.39 Å². The van der Waals surface area contributed by atoms with Crippen LogP contribution in [0, 0.1) is 5.82 Å². The number of rotatable bonds is 3. The summed E-state index contributed by atoms with van der Waals surface area (Å²) in [7, 11) is 0. The molecular weight excluding hydrogens is 233 g/mol. The molecule has 5 heteroatoms. The lowest BCUT2D eigenvalue weighted by atomic mass is 9.88. The third-order valence-electron chi connectivity index (χ3n) is 3.14. The molecule has 1 unspecified atom stereocenters. The summed E-state index contributed by atoms with van der Waals surface area (Å²) in [5, 5.41) is 8.90. The van der Waals surface area contributed by atoms with E-state index in [1.807, 2.05) is 0 Å². The molecule has 1 aliphatic carbocycles. The van der Waals surface area contributed by atoms with Crippen LogP contribution in [0.3, 0.4) is 0 Å². The highest BCUT2D eigenvalue weighted by molar-refractivity contribution is 6.30. The molecule has 3 N–H and O–H groups in total. The Labute approximate surface area is 97.0 Å². The smallest absolute Gasteiger partial charge is 0.321 e. The SMILES string of the molecule is NC(C(=O)O)C1(c2cccc(Cl)c2F)CC1. The number of hydrogen-bond acceptors (Lipinski definition) is 2. The topological polar surface area (TPSA) is 63.3 Å². The summed E-state index contributed by atoms with van der Waals surface area (Å²) in [5.41, 5.74) is 5.14. The Morgan fingerprint density at radius 2 is 2.19 bits per heavy atom. The Morgan fingerprint density at radius 3 is 2.69 bits per heavy atom. The van der Waals surface area contributed by atoms with E-state index < -0.39 is 23.2 Å². The lowest BCUT2D eigenvalue weighted by Gasteiger charge is -2.21. The second-order valence-corrected chi connectivity index (χ2v) is 4.48. The van der Waals surface area contributed by atoms with Gasteiger partial charge in [-0.3, -0.25) is 4.79 Å². The van der Waals surface area contributed by atoms with E-state index >= 15 is 0 Å². The van der Waals surface area contributed by atoms with Crippen molar-refractivity contribution in [2.45, 2.75) is 24.3 Å². The molecule has 0 saturated heterocycles. The molecule has 0 spiro atoms. The normalized spacial score (nSPS) is 19.2. The van der Waals surface area contributed by atoms with E-state index in [1.54, 1.807) is 12.1 Å². The Bertz CT molecular complexity index is 446. The van der Waals surface area contributed by atoms with Gasteiger partial charge in [0.2, 0.25) is 0 Å². The fourth-order valence-electron chi connectivity index (χ4n) is 2.01. The first kappa shape index (κ1) is 11.4. The third-order valence-corrected chi connectivity index (χ3v) is 3.43. The van der Waals surface area contributed by atoms with Gasteiger partial charge in [0, 0.05) is 5.41 Å². The molecule has 0 radical (unpaired) electrons. The Morgan fingerprint density at radius 1 is 1.56 bits per heavy atom. The molecule has 0 bridgehead atoms. The summed E-state index contributed by atoms with van der Waals surface area (Å²) >= 11 is 5.67. The maximum absolute atomic E-state index is 13.8. The highest BCUT2D eigenvalue weighted by Crippen LogP contribution is 2.51. The number of nitrogens with two attached hydrogens (primary N) is 1. The zero-order valence-corrected chi connectivity index (χ0v) is 9.17. The Balaban J connectivity index is 2.45. The van der Waals surface area contributed by atoms with Gasteiger partial charge in [0.1, 0.15) is 11.9 Å². The van der Waals surface area contributed by atoms with Crippen LogP contribution in [-0.2, 0) is 10.2 Å². The number of hydrogen-bond donors (Lipinski definition) is 2. The van der Waals surface area contributed by atoms with Gasteiger partial charge in [0.15, 0.2) is 0 Å². The minimum absolute atomic E-state index is 0.00126. The lowest BCUT2D eigenvalue weighted by Crippen LogP contribution is -2.42. The van der Waals surface area contributed by atoms with Crippen LogP contribution in [0.5, 0.6) is 0 Å². The lowest BCUT2D eigenvalue weighted by molar-refractivity contribution is -0.139. The molecule has 0 aliphatic heterocycles. The van der Waals surface area contributed by atoms with Crippen LogP contribution < -0.4 is 5.73 Å². The predicted octanol–water partition coefficient (Wildman–Crippen LogP) is 1.92. The van der Waals surface area contributed by atoms with Gasteiger partial charge in [0.25, 0.3) is 0 Å². The van der Waals surface area contributed by atoms with E-state index in [-0.39, 0.29) is 5.02 Å². The molecule has 1 fully saturated rings. The van der Waals surface area contributed by atoms with Gasteiger partial charge in [-0.05, 0) is 24.5 Å². The molecule has 1 saturated carbocycles. The van der Waals surface area contributed by atoms with Crippen molar-refractivity contribution in [2.24, 2.45) is 5.73 Å². The standard InChI is InChI=1S/C11H11ClFNO2/c12-7-3-1-2-6(8(7)13)11(4-5-11)9(14)10(15)16/h1-3,9H,4-5,14H2,(H,15,16). The minimum Gasteiger partial charge on any atom is -0.480 e. The van der Waals surface area contributed by atoms with Crippen molar-refractivity contribution in [3.63, 3.8) is 0 Å². The fourth-order valence-corrected chi connectivity index (χ4v) is 2.18. The van der Waals surface area contributed by atoms with Crippen molar-refractivity contribution in [2.75, 3.05) is 0 Å². The molecular formula is C11H11ClFNO2. The van der Waals surface area contributed by atoms with E-state index in [0.29, 0.717) is 18.4 Å². The van der Waals surface area contributed by atoms with Gasteiger partial charge >= 0.3 is 5.97 Å². The monoisotopic (exact) mass is 243 g/mol. The summed E-state index contributed by atoms with van der Waals surface area (Å²) in [5.74, 6) is -1.67. The average molecular weight is 244 g/mol. The van der Waals surface area contributed by atoms with E-state index in [9.17, 15) is 9.18 Å². The van der Waals surface area contributed by atoms with Gasteiger partial charge in [0.05, 0.1) is 5.02 Å². The Kier molecular flexibility index (Phi) is 2.64. The molecule has 1 atom stereocenters. The average Bonchev–Trinajstić information content (AvgIpc) is 3.02. The number of carbonyl (C=O) groups is 1. The zero-order valence-electron chi connectivity index (χ0n) is 8.41. The molecule has 16 heavy (non-hydrogen) atoms. The van der Waals surface area contributed by atoms with Crippen molar-refractivity contribution in [1.29, 1.82) is 0 Å². The summed E-state index contributed by atoms with van der Waals surface area (Å²) in [6, 6.07) is 3.51. The van der Waals surface area contributed by atoms with E-state index in [1.165, 1.54) is 6.07 Å². The van der Waals surface area contributed by atoms with Crippen LogP contribution >= 0.6 is 11.6 Å². The number of aliphatic carboxylic acids is 1. The van der Waals surface area contributed by atoms with E-state index in [0.717, 1.165) is 0 Å². The second kappa shape index (κ2) is 3.71. The summed E-state index contributed by atoms with van der Waals surface area (Å²) in [4.78, 5) is 10.9. The predicted molar refractivity (Wildman–Crippen MR) is 57.9 cm³/mol. The van der Waals surface area contributed by atoms with E-state index in [2.05, 4.69) is 0 Å². The minimum atomic E-state index is -1.11. The van der Waals surface area contributed by atoms with Gasteiger partial charge in [-0.1, -0.05) is 23.7 Å². The number of halogens is 2. The highest BCUT2D eigenvalue weighted by atomic mass is 35.5. The molecule has 1 aliphatic rings. The van der Waals surface area contributed by atoms with Crippen LogP contribution in [0.1, 0.15) is 18.4 Å². The molecule has 0 heterocycles. The van der Waals surface area contributed by atoms with Crippen molar-refractivity contribution in [1.82, 2.24) is 0 Å². The summed E-state index contributed by atoms with van der Waals surface area (Å²) < 4.78 is 13.8. The van der Waals surface area contributed by atoms with Crippen molar-refractivity contribution in [3.8, 4) is 0 Å². The highest BCUT2D eigenvalue weighted by Gasteiger charge is 2.53. The van der Waals surface area contributed by atoms with Crippen LogP contribution in [0.15, 0.2) is 18.2 Å². The molecule has 0 amide bonds. The first-order valence-electron chi connectivity index (χ1n) is 4.92. The molecule has 1 aromatic carbocycles. The Hall–Kier alpha value is -1.13. The second-order valence-electron chi connectivity index (χ2n) is 4.07.